The van der Waals surface area contributed by atoms with Crippen molar-refractivity contribution in [2.75, 3.05) is 11.2 Å². The molecule has 0 bridgehead atoms. The number of nitrogens with one attached hydrogen (secondary N) is 1. The molecular weight excluding hydrogens is 301 g/mol. The third-order valence-electron chi connectivity index (χ3n) is 2.27. The molecule has 1 rings (SSSR count). The van der Waals surface area contributed by atoms with Gasteiger partial charge in [-0.25, -0.2) is 0 Å². The maximum atomic E-state index is 11.6. The Morgan fingerprint density at radius 1 is 1.58 bits per heavy atom. The maximum absolute atomic E-state index is 11.6. The van der Waals surface area contributed by atoms with E-state index >= 15 is 0 Å². The molecule has 1 atom stereocenters. The number of aryl methyl sites for hydroxylation is 1. The van der Waals surface area contributed by atoms with E-state index in [0.717, 1.165) is 22.5 Å². The molecule has 1 unspecified atom stereocenters. The van der Waals surface area contributed by atoms with Crippen molar-refractivity contribution in [3.05, 3.63) is 23.8 Å². The van der Waals surface area contributed by atoms with Gasteiger partial charge in [0.05, 0.1) is 12.0 Å². The van der Waals surface area contributed by atoms with Crippen molar-refractivity contribution >= 4 is 35.2 Å². The fourth-order valence-electron chi connectivity index (χ4n) is 1.21. The number of carbonyl (C=O) groups excluding carboxylic acids is 1. The zero-order chi connectivity index (χ0) is 13.5. The quantitative estimate of drug-likeness (QED) is 0.241. The minimum Gasteiger partial charge on any atom is -0.691 e. The van der Waals surface area contributed by atoms with E-state index in [1.165, 1.54) is 0 Å². The van der Waals surface area contributed by atoms with Gasteiger partial charge in [0.2, 0.25) is 5.91 Å². The summed E-state index contributed by atoms with van der Waals surface area (Å²) in [6, 6.07) is 5.21. The number of hydrogen-bond acceptors (Lipinski definition) is 5. The Hall–Kier alpha value is 0.210. The third kappa shape index (κ3) is 6.46. The Balaban J connectivity index is 0.00000324. The average molecular weight is 314 g/mol. The molecule has 0 radical (unpaired) electrons. The first-order chi connectivity index (χ1) is 8.58. The summed E-state index contributed by atoms with van der Waals surface area (Å²) >= 11 is 6.42. The Morgan fingerprint density at radius 3 is 2.79 bits per heavy atom. The summed E-state index contributed by atoms with van der Waals surface area (Å²) in [5.74, 6) is -0.116. The topological polar surface area (TPSA) is 70.6 Å². The largest absolute Gasteiger partial charge is 1.00 e. The van der Waals surface area contributed by atoms with Crippen molar-refractivity contribution in [2.45, 2.75) is 18.7 Å². The van der Waals surface area contributed by atoms with Crippen molar-refractivity contribution in [2.24, 2.45) is 5.92 Å². The molecule has 0 fully saturated rings. The van der Waals surface area contributed by atoms with Crippen LogP contribution in [0.2, 0.25) is 0 Å². The van der Waals surface area contributed by atoms with Crippen LogP contribution in [-0.4, -0.2) is 11.8 Å². The molecule has 19 heavy (non-hydrogen) atoms. The van der Waals surface area contributed by atoms with Gasteiger partial charge in [-0.3, -0.25) is 9.83 Å². The molecule has 1 aromatic rings. The standard InChI is InChI=1S/C11H14ClNO4S.Na/c1-7-5-9(13-11(14)8(2)6-12)3-4-10(7)18-17-16-15;/h3-5,8,15H,6H2,1-2H3,(H,13,14);/q;+1/p-1. The summed E-state index contributed by atoms with van der Waals surface area (Å²) in [5.41, 5.74) is 1.52. The molecular formula is C11H13ClNNaO4S. The van der Waals surface area contributed by atoms with Crippen LogP contribution in [0.25, 0.3) is 0 Å². The van der Waals surface area contributed by atoms with Crippen LogP contribution in [-0.2, 0) is 14.2 Å². The van der Waals surface area contributed by atoms with Gasteiger partial charge >= 0.3 is 29.6 Å². The fraction of sp³-hybridized carbons (Fsp3) is 0.364. The molecule has 0 spiro atoms. The molecule has 0 saturated heterocycles. The van der Waals surface area contributed by atoms with Gasteiger partial charge < -0.3 is 10.6 Å². The van der Waals surface area contributed by atoms with E-state index in [0.29, 0.717) is 5.69 Å². The van der Waals surface area contributed by atoms with Crippen LogP contribution in [0.1, 0.15) is 12.5 Å². The maximum Gasteiger partial charge on any atom is 1.00 e. The number of benzene rings is 1. The average Bonchev–Trinajstić information content (AvgIpc) is 2.36. The minimum absolute atomic E-state index is 0. The van der Waals surface area contributed by atoms with Crippen molar-refractivity contribution in [1.82, 2.24) is 0 Å². The Morgan fingerprint density at radius 2 is 2.26 bits per heavy atom. The van der Waals surface area contributed by atoms with Crippen molar-refractivity contribution in [3.63, 3.8) is 0 Å². The molecule has 0 aliphatic carbocycles. The molecule has 1 amide bonds. The number of hydrogen-bond donors (Lipinski definition) is 1. The molecule has 100 valence electrons. The van der Waals surface area contributed by atoms with Crippen LogP contribution in [0.3, 0.4) is 0 Å². The molecule has 0 saturated carbocycles. The van der Waals surface area contributed by atoms with E-state index in [2.05, 4.69) is 14.7 Å². The predicted molar refractivity (Wildman–Crippen MR) is 67.7 cm³/mol. The molecule has 0 aromatic heterocycles. The zero-order valence-electron chi connectivity index (χ0n) is 10.9. The van der Waals surface area contributed by atoms with Gasteiger partial charge in [0, 0.05) is 22.4 Å². The van der Waals surface area contributed by atoms with E-state index in [1.807, 2.05) is 6.92 Å². The van der Waals surface area contributed by atoms with Crippen LogP contribution >= 0.6 is 23.6 Å². The Kier molecular flexibility index (Phi) is 10.1. The fourth-order valence-corrected chi connectivity index (χ4v) is 1.76. The number of alkyl halides is 1. The number of rotatable bonds is 6. The summed E-state index contributed by atoms with van der Waals surface area (Å²) in [7, 11) is 0. The zero-order valence-corrected chi connectivity index (χ0v) is 14.5. The van der Waals surface area contributed by atoms with E-state index in [-0.39, 0.29) is 47.3 Å². The molecule has 8 heteroatoms. The predicted octanol–water partition coefficient (Wildman–Crippen LogP) is -0.957. The molecule has 1 aromatic carbocycles. The monoisotopic (exact) mass is 313 g/mol. The Bertz CT molecular complexity index is 422. The van der Waals surface area contributed by atoms with Crippen LogP contribution < -0.4 is 40.1 Å². The molecule has 0 heterocycles. The number of halogens is 1. The first-order valence-electron chi connectivity index (χ1n) is 5.19. The van der Waals surface area contributed by atoms with E-state index in [4.69, 9.17) is 11.6 Å². The van der Waals surface area contributed by atoms with Gasteiger partial charge in [-0.05, 0) is 30.7 Å². The van der Waals surface area contributed by atoms with E-state index in [1.54, 1.807) is 25.1 Å². The summed E-state index contributed by atoms with van der Waals surface area (Å²) < 4.78 is 4.23. The van der Waals surface area contributed by atoms with E-state index in [9.17, 15) is 10.1 Å². The van der Waals surface area contributed by atoms with E-state index < -0.39 is 0 Å². The molecule has 0 aliphatic rings. The second-order valence-electron chi connectivity index (χ2n) is 3.74. The normalized spacial score (nSPS) is 11.6. The van der Waals surface area contributed by atoms with Crippen molar-refractivity contribution in [1.29, 1.82) is 0 Å². The minimum atomic E-state index is -0.252. The first kappa shape index (κ1) is 19.2. The van der Waals surface area contributed by atoms with Gasteiger partial charge in [0.15, 0.2) is 0 Å². The number of amides is 1. The molecule has 1 N–H and O–H groups in total. The second-order valence-corrected chi connectivity index (χ2v) is 4.80. The summed E-state index contributed by atoms with van der Waals surface area (Å²) in [4.78, 5) is 12.4. The van der Waals surface area contributed by atoms with Crippen molar-refractivity contribution in [3.8, 4) is 0 Å². The van der Waals surface area contributed by atoms with Gasteiger partial charge in [0.1, 0.15) is 0 Å². The Labute approximate surface area is 143 Å². The van der Waals surface area contributed by atoms with Gasteiger partial charge in [-0.1, -0.05) is 6.92 Å². The van der Waals surface area contributed by atoms with Gasteiger partial charge in [0.25, 0.3) is 0 Å². The smallest absolute Gasteiger partial charge is 0.691 e. The third-order valence-corrected chi connectivity index (χ3v) is 3.50. The second kappa shape index (κ2) is 10.0. The number of anilines is 1. The van der Waals surface area contributed by atoms with Gasteiger partial charge in [-0.2, -0.15) is 4.33 Å². The number of carbonyl (C=O) groups is 1. The van der Waals surface area contributed by atoms with Crippen molar-refractivity contribution < 1.29 is 49.0 Å². The first-order valence-corrected chi connectivity index (χ1v) is 6.46. The van der Waals surface area contributed by atoms with Crippen LogP contribution in [0.5, 0.6) is 0 Å². The SMILES string of the molecule is Cc1cc(NC(=O)C(C)CCl)ccc1SOO[O-].[Na+]. The molecule has 5 nitrogen and oxygen atoms in total. The van der Waals surface area contributed by atoms with Crippen LogP contribution in [0.4, 0.5) is 5.69 Å². The van der Waals surface area contributed by atoms with Gasteiger partial charge in [-0.15, -0.1) is 11.6 Å². The molecule has 0 aliphatic heterocycles. The summed E-state index contributed by atoms with van der Waals surface area (Å²) in [5, 5.41) is 15.7. The summed E-state index contributed by atoms with van der Waals surface area (Å²) in [6.45, 7) is 3.58. The summed E-state index contributed by atoms with van der Waals surface area (Å²) in [6.07, 6.45) is 0. The van der Waals surface area contributed by atoms with Crippen LogP contribution in [0.15, 0.2) is 23.1 Å². The van der Waals surface area contributed by atoms with Crippen LogP contribution in [0, 0.1) is 12.8 Å².